The summed E-state index contributed by atoms with van der Waals surface area (Å²) in [6.45, 7) is 0. The van der Waals surface area contributed by atoms with Crippen LogP contribution in [0.15, 0.2) is 42.5 Å². The van der Waals surface area contributed by atoms with Gasteiger partial charge in [-0.1, -0.05) is 29.3 Å². The first-order valence-electron chi connectivity index (χ1n) is 5.13. The lowest BCUT2D eigenvalue weighted by atomic mass is 10.2. The molecule has 0 spiro atoms. The number of benzene rings is 2. The van der Waals surface area contributed by atoms with E-state index in [1.54, 1.807) is 42.5 Å². The van der Waals surface area contributed by atoms with Gasteiger partial charge in [0.05, 0.1) is 5.56 Å². The monoisotopic (exact) mass is 280 g/mol. The Labute approximate surface area is 115 Å². The van der Waals surface area contributed by atoms with Crippen molar-refractivity contribution in [2.75, 3.05) is 0 Å². The van der Waals surface area contributed by atoms with Crippen LogP contribution in [-0.4, -0.2) is 5.84 Å². The fraction of sp³-hybridized carbons (Fsp3) is 0. The Balaban J connectivity index is 2.39. The van der Waals surface area contributed by atoms with Crippen molar-refractivity contribution in [2.24, 2.45) is 5.73 Å². The molecular formula is C13H10Cl2N2O. The molecule has 3 N–H and O–H groups in total. The van der Waals surface area contributed by atoms with E-state index in [1.807, 2.05) is 0 Å². The summed E-state index contributed by atoms with van der Waals surface area (Å²) >= 11 is 11.8. The quantitative estimate of drug-likeness (QED) is 0.658. The van der Waals surface area contributed by atoms with E-state index in [0.717, 1.165) is 0 Å². The molecule has 18 heavy (non-hydrogen) atoms. The number of amidine groups is 1. The summed E-state index contributed by atoms with van der Waals surface area (Å²) in [7, 11) is 0. The van der Waals surface area contributed by atoms with Gasteiger partial charge in [0.1, 0.15) is 17.3 Å². The SMILES string of the molecule is N=C(N)c1ccc(Cl)cc1Oc1cccc(Cl)c1. The highest BCUT2D eigenvalue weighted by Gasteiger charge is 2.08. The molecule has 0 atom stereocenters. The van der Waals surface area contributed by atoms with Gasteiger partial charge in [0.2, 0.25) is 0 Å². The van der Waals surface area contributed by atoms with E-state index in [0.29, 0.717) is 27.1 Å². The van der Waals surface area contributed by atoms with Crippen LogP contribution in [-0.2, 0) is 0 Å². The van der Waals surface area contributed by atoms with E-state index in [9.17, 15) is 0 Å². The van der Waals surface area contributed by atoms with Gasteiger partial charge in [0.15, 0.2) is 0 Å². The second kappa shape index (κ2) is 5.29. The normalized spacial score (nSPS) is 10.1. The van der Waals surface area contributed by atoms with Crippen molar-refractivity contribution < 1.29 is 4.74 Å². The van der Waals surface area contributed by atoms with Crippen LogP contribution in [0.4, 0.5) is 0 Å². The Bertz CT molecular complexity index is 599. The number of hydrogen-bond donors (Lipinski definition) is 2. The zero-order chi connectivity index (χ0) is 13.1. The lowest BCUT2D eigenvalue weighted by molar-refractivity contribution is 0.481. The molecule has 0 bridgehead atoms. The van der Waals surface area contributed by atoms with Crippen molar-refractivity contribution in [1.29, 1.82) is 5.41 Å². The minimum atomic E-state index is -0.0799. The lowest BCUT2D eigenvalue weighted by Crippen LogP contribution is -2.12. The van der Waals surface area contributed by atoms with Gasteiger partial charge in [-0.05, 0) is 30.3 Å². The van der Waals surface area contributed by atoms with Crippen LogP contribution < -0.4 is 10.5 Å². The van der Waals surface area contributed by atoms with Gasteiger partial charge in [-0.15, -0.1) is 0 Å². The molecule has 2 aromatic carbocycles. The van der Waals surface area contributed by atoms with Gasteiger partial charge >= 0.3 is 0 Å². The molecule has 0 amide bonds. The Morgan fingerprint density at radius 2 is 1.78 bits per heavy atom. The highest BCUT2D eigenvalue weighted by atomic mass is 35.5. The van der Waals surface area contributed by atoms with E-state index < -0.39 is 0 Å². The molecule has 0 unspecified atom stereocenters. The number of halogens is 2. The second-order valence-electron chi connectivity index (χ2n) is 3.61. The van der Waals surface area contributed by atoms with Crippen LogP contribution in [0.1, 0.15) is 5.56 Å². The summed E-state index contributed by atoms with van der Waals surface area (Å²) in [5.41, 5.74) is 5.97. The molecule has 0 fully saturated rings. The standard InChI is InChI=1S/C13H10Cl2N2O/c14-8-2-1-3-10(6-8)18-12-7-9(15)4-5-11(12)13(16)17/h1-7H,(H3,16,17). The average Bonchev–Trinajstić information content (AvgIpc) is 2.28. The van der Waals surface area contributed by atoms with Gasteiger partial charge in [0.25, 0.3) is 0 Å². The molecule has 0 saturated heterocycles. The van der Waals surface area contributed by atoms with Crippen LogP contribution in [0.2, 0.25) is 10.0 Å². The van der Waals surface area contributed by atoms with Gasteiger partial charge in [-0.3, -0.25) is 5.41 Å². The molecule has 5 heteroatoms. The van der Waals surface area contributed by atoms with Crippen LogP contribution >= 0.6 is 23.2 Å². The molecule has 0 aliphatic carbocycles. The van der Waals surface area contributed by atoms with Crippen LogP contribution in [0.25, 0.3) is 0 Å². The highest BCUT2D eigenvalue weighted by Crippen LogP contribution is 2.29. The zero-order valence-electron chi connectivity index (χ0n) is 9.28. The van der Waals surface area contributed by atoms with Crippen molar-refractivity contribution in [3.8, 4) is 11.5 Å². The maximum Gasteiger partial charge on any atom is 0.139 e. The molecule has 92 valence electrons. The third kappa shape index (κ3) is 2.94. The first kappa shape index (κ1) is 12.7. The number of nitrogen functional groups attached to an aromatic ring is 1. The maximum absolute atomic E-state index is 7.48. The van der Waals surface area contributed by atoms with Crippen molar-refractivity contribution in [2.45, 2.75) is 0 Å². The third-order valence-corrected chi connectivity index (χ3v) is 2.73. The summed E-state index contributed by atoms with van der Waals surface area (Å²) in [5.74, 6) is 0.910. The molecule has 0 radical (unpaired) electrons. The number of nitrogens with one attached hydrogen (secondary N) is 1. The third-order valence-electron chi connectivity index (χ3n) is 2.26. The highest BCUT2D eigenvalue weighted by molar-refractivity contribution is 6.31. The molecule has 0 saturated carbocycles. The molecule has 0 aromatic heterocycles. The van der Waals surface area contributed by atoms with E-state index in [1.165, 1.54) is 0 Å². The van der Waals surface area contributed by atoms with Crippen molar-refractivity contribution >= 4 is 29.0 Å². The second-order valence-corrected chi connectivity index (χ2v) is 4.49. The Morgan fingerprint density at radius 3 is 2.44 bits per heavy atom. The van der Waals surface area contributed by atoms with Gasteiger partial charge in [-0.25, -0.2) is 0 Å². The Kier molecular flexibility index (Phi) is 3.75. The van der Waals surface area contributed by atoms with Crippen molar-refractivity contribution in [3.05, 3.63) is 58.1 Å². The molecule has 0 aliphatic rings. The topological polar surface area (TPSA) is 59.1 Å². The Hall–Kier alpha value is -1.71. The minimum Gasteiger partial charge on any atom is -0.456 e. The number of nitrogens with two attached hydrogens (primary N) is 1. The van der Waals surface area contributed by atoms with E-state index in [4.69, 9.17) is 39.1 Å². The predicted molar refractivity (Wildman–Crippen MR) is 74.0 cm³/mol. The van der Waals surface area contributed by atoms with Crippen LogP contribution in [0.3, 0.4) is 0 Å². The summed E-state index contributed by atoms with van der Waals surface area (Å²) in [6, 6.07) is 11.9. The van der Waals surface area contributed by atoms with E-state index in [2.05, 4.69) is 0 Å². The smallest absolute Gasteiger partial charge is 0.139 e. The summed E-state index contributed by atoms with van der Waals surface area (Å²) in [4.78, 5) is 0. The fourth-order valence-electron chi connectivity index (χ4n) is 1.46. The molecule has 2 aromatic rings. The maximum atomic E-state index is 7.48. The first-order valence-corrected chi connectivity index (χ1v) is 5.89. The number of rotatable bonds is 3. The average molecular weight is 281 g/mol. The van der Waals surface area contributed by atoms with Crippen molar-refractivity contribution in [1.82, 2.24) is 0 Å². The minimum absolute atomic E-state index is 0.0799. The predicted octanol–water partition coefficient (Wildman–Crippen LogP) is 4.07. The van der Waals surface area contributed by atoms with Crippen molar-refractivity contribution in [3.63, 3.8) is 0 Å². The molecular weight excluding hydrogens is 271 g/mol. The van der Waals surface area contributed by atoms with Gasteiger partial charge in [0, 0.05) is 16.1 Å². The summed E-state index contributed by atoms with van der Waals surface area (Å²) < 4.78 is 5.64. The van der Waals surface area contributed by atoms with Gasteiger partial charge in [-0.2, -0.15) is 0 Å². The number of hydrogen-bond acceptors (Lipinski definition) is 2. The van der Waals surface area contributed by atoms with Crippen LogP contribution in [0, 0.1) is 5.41 Å². The molecule has 2 rings (SSSR count). The zero-order valence-corrected chi connectivity index (χ0v) is 10.8. The Morgan fingerprint density at radius 1 is 1.06 bits per heavy atom. The van der Waals surface area contributed by atoms with E-state index >= 15 is 0 Å². The lowest BCUT2D eigenvalue weighted by Gasteiger charge is -2.10. The number of ether oxygens (including phenoxy) is 1. The largest absolute Gasteiger partial charge is 0.456 e. The molecule has 0 aliphatic heterocycles. The van der Waals surface area contributed by atoms with E-state index in [-0.39, 0.29) is 5.84 Å². The molecule has 0 heterocycles. The first-order chi connectivity index (χ1) is 8.56. The summed E-state index contributed by atoms with van der Waals surface area (Å²) in [6.07, 6.45) is 0. The molecule has 3 nitrogen and oxygen atoms in total. The fourth-order valence-corrected chi connectivity index (χ4v) is 1.80. The summed E-state index contributed by atoms with van der Waals surface area (Å²) in [5, 5.41) is 8.56. The van der Waals surface area contributed by atoms with Crippen LogP contribution in [0.5, 0.6) is 11.5 Å². The van der Waals surface area contributed by atoms with Gasteiger partial charge < -0.3 is 10.5 Å².